The summed E-state index contributed by atoms with van der Waals surface area (Å²) >= 11 is 0. The molecular formula is C17H21N3O. The highest BCUT2D eigenvalue weighted by Crippen LogP contribution is 2.23. The normalized spacial score (nSPS) is 22.3. The monoisotopic (exact) mass is 283 g/mol. The van der Waals surface area contributed by atoms with Crippen molar-refractivity contribution in [2.45, 2.75) is 20.3 Å². The Morgan fingerprint density at radius 1 is 1.14 bits per heavy atom. The zero-order chi connectivity index (χ0) is 14.8. The van der Waals surface area contributed by atoms with Gasteiger partial charge in [0.05, 0.1) is 12.5 Å². The Morgan fingerprint density at radius 2 is 1.81 bits per heavy atom. The van der Waals surface area contributed by atoms with Crippen LogP contribution in [0, 0.1) is 11.8 Å². The minimum atomic E-state index is 0.0785. The fraction of sp³-hybridized carbons (Fsp3) is 0.412. The van der Waals surface area contributed by atoms with Crippen LogP contribution >= 0.6 is 0 Å². The number of piperidine rings is 1. The summed E-state index contributed by atoms with van der Waals surface area (Å²) in [6.45, 7) is 6.10. The summed E-state index contributed by atoms with van der Waals surface area (Å²) in [4.78, 5) is 18.9. The number of imidazole rings is 1. The van der Waals surface area contributed by atoms with Gasteiger partial charge in [-0.2, -0.15) is 0 Å². The smallest absolute Gasteiger partial charge is 0.272 e. The van der Waals surface area contributed by atoms with Gasteiger partial charge in [0.25, 0.3) is 5.91 Å². The number of likely N-dealkylation sites (tertiary alicyclic amines) is 1. The SMILES string of the molecule is C[C@@H]1C[C@H](C)CN(C(=O)c2cncn2-c2ccccc2)C1. The molecule has 110 valence electrons. The minimum absolute atomic E-state index is 0.0785. The Labute approximate surface area is 125 Å². The molecule has 0 saturated carbocycles. The van der Waals surface area contributed by atoms with E-state index in [1.54, 1.807) is 12.5 Å². The van der Waals surface area contributed by atoms with Crippen LogP contribution in [0.3, 0.4) is 0 Å². The highest BCUT2D eigenvalue weighted by atomic mass is 16.2. The molecular weight excluding hydrogens is 262 g/mol. The molecule has 1 aliphatic heterocycles. The van der Waals surface area contributed by atoms with Crippen molar-refractivity contribution in [3.8, 4) is 5.69 Å². The summed E-state index contributed by atoms with van der Waals surface area (Å²) in [5.41, 5.74) is 1.61. The molecule has 2 heterocycles. The van der Waals surface area contributed by atoms with Gasteiger partial charge in [0.15, 0.2) is 0 Å². The summed E-state index contributed by atoms with van der Waals surface area (Å²) in [5.74, 6) is 1.20. The summed E-state index contributed by atoms with van der Waals surface area (Å²) in [6, 6.07) is 9.87. The quantitative estimate of drug-likeness (QED) is 0.850. The molecule has 0 N–H and O–H groups in total. The fourth-order valence-corrected chi connectivity index (χ4v) is 3.24. The highest BCUT2D eigenvalue weighted by Gasteiger charge is 2.27. The standard InChI is InChI=1S/C17H21N3O/c1-13-8-14(2)11-19(10-13)17(21)16-9-18-12-20(16)15-6-4-3-5-7-15/h3-7,9,12-14H,8,10-11H2,1-2H3/t13-,14+. The number of aromatic nitrogens is 2. The second-order valence-electron chi connectivity index (χ2n) is 6.14. The lowest BCUT2D eigenvalue weighted by molar-refractivity contribution is 0.0615. The number of carbonyl (C=O) groups excluding carboxylic acids is 1. The fourth-order valence-electron chi connectivity index (χ4n) is 3.24. The van der Waals surface area contributed by atoms with E-state index in [2.05, 4.69) is 18.8 Å². The first-order chi connectivity index (χ1) is 10.1. The predicted octanol–water partition coefficient (Wildman–Crippen LogP) is 2.99. The molecule has 1 aromatic carbocycles. The number of nitrogens with zero attached hydrogens (tertiary/aromatic N) is 3. The van der Waals surface area contributed by atoms with Crippen molar-refractivity contribution >= 4 is 5.91 Å². The van der Waals surface area contributed by atoms with E-state index >= 15 is 0 Å². The van der Waals surface area contributed by atoms with Crippen molar-refractivity contribution in [3.05, 3.63) is 48.5 Å². The average Bonchev–Trinajstić information content (AvgIpc) is 2.95. The Hall–Kier alpha value is -2.10. The predicted molar refractivity (Wildman–Crippen MR) is 82.4 cm³/mol. The molecule has 1 saturated heterocycles. The van der Waals surface area contributed by atoms with Crippen molar-refractivity contribution in [1.82, 2.24) is 14.5 Å². The third-order valence-electron chi connectivity index (χ3n) is 4.05. The number of rotatable bonds is 2. The lowest BCUT2D eigenvalue weighted by Crippen LogP contribution is -2.43. The van der Waals surface area contributed by atoms with Gasteiger partial charge < -0.3 is 4.90 Å². The second kappa shape index (κ2) is 5.72. The Bertz CT molecular complexity index is 610. The summed E-state index contributed by atoms with van der Waals surface area (Å²) in [6.07, 6.45) is 4.57. The lowest BCUT2D eigenvalue weighted by Gasteiger charge is -2.35. The van der Waals surface area contributed by atoms with E-state index < -0.39 is 0 Å². The largest absolute Gasteiger partial charge is 0.337 e. The van der Waals surface area contributed by atoms with Crippen LogP contribution in [0.25, 0.3) is 5.69 Å². The molecule has 1 amide bonds. The van der Waals surface area contributed by atoms with E-state index in [-0.39, 0.29) is 5.91 Å². The third-order valence-corrected chi connectivity index (χ3v) is 4.05. The van der Waals surface area contributed by atoms with Crippen LogP contribution < -0.4 is 0 Å². The van der Waals surface area contributed by atoms with E-state index in [0.29, 0.717) is 17.5 Å². The molecule has 2 aromatic rings. The average molecular weight is 283 g/mol. The van der Waals surface area contributed by atoms with Crippen molar-refractivity contribution in [2.24, 2.45) is 11.8 Å². The van der Waals surface area contributed by atoms with Crippen LogP contribution in [-0.4, -0.2) is 33.4 Å². The molecule has 0 spiro atoms. The van der Waals surface area contributed by atoms with Gasteiger partial charge in [-0.1, -0.05) is 32.0 Å². The van der Waals surface area contributed by atoms with Gasteiger partial charge in [-0.25, -0.2) is 4.98 Å². The van der Waals surface area contributed by atoms with Crippen LogP contribution in [0.5, 0.6) is 0 Å². The van der Waals surface area contributed by atoms with Gasteiger partial charge in [0.1, 0.15) is 5.69 Å². The van der Waals surface area contributed by atoms with Gasteiger partial charge in [-0.05, 0) is 30.4 Å². The highest BCUT2D eigenvalue weighted by molar-refractivity contribution is 5.93. The van der Waals surface area contributed by atoms with E-state index in [4.69, 9.17) is 0 Å². The van der Waals surface area contributed by atoms with Crippen LogP contribution in [0.1, 0.15) is 30.8 Å². The zero-order valence-corrected chi connectivity index (χ0v) is 12.6. The number of carbonyl (C=O) groups is 1. The molecule has 1 fully saturated rings. The molecule has 1 aromatic heterocycles. The van der Waals surface area contributed by atoms with Gasteiger partial charge in [-0.3, -0.25) is 9.36 Å². The molecule has 0 radical (unpaired) electrons. The molecule has 21 heavy (non-hydrogen) atoms. The molecule has 3 rings (SSSR count). The number of hydrogen-bond donors (Lipinski definition) is 0. The molecule has 0 unspecified atom stereocenters. The molecule has 1 aliphatic rings. The van der Waals surface area contributed by atoms with Crippen LogP contribution in [0.2, 0.25) is 0 Å². The summed E-state index contributed by atoms with van der Waals surface area (Å²) < 4.78 is 1.87. The number of hydrogen-bond acceptors (Lipinski definition) is 2. The number of amides is 1. The van der Waals surface area contributed by atoms with Gasteiger partial charge >= 0.3 is 0 Å². The number of benzene rings is 1. The Balaban J connectivity index is 1.88. The Morgan fingerprint density at radius 3 is 2.48 bits per heavy atom. The van der Waals surface area contributed by atoms with Crippen molar-refractivity contribution in [1.29, 1.82) is 0 Å². The summed E-state index contributed by atoms with van der Waals surface area (Å²) in [7, 11) is 0. The maximum Gasteiger partial charge on any atom is 0.272 e. The Kier molecular flexibility index (Phi) is 3.78. The molecule has 0 aliphatic carbocycles. The van der Waals surface area contributed by atoms with Crippen LogP contribution in [-0.2, 0) is 0 Å². The lowest BCUT2D eigenvalue weighted by atomic mass is 9.92. The topological polar surface area (TPSA) is 38.1 Å². The van der Waals surface area contributed by atoms with E-state index in [1.807, 2.05) is 39.8 Å². The first kappa shape index (κ1) is 13.9. The maximum atomic E-state index is 12.8. The van der Waals surface area contributed by atoms with E-state index in [0.717, 1.165) is 18.8 Å². The minimum Gasteiger partial charge on any atom is -0.337 e. The first-order valence-electron chi connectivity index (χ1n) is 7.52. The number of para-hydroxylation sites is 1. The first-order valence-corrected chi connectivity index (χ1v) is 7.52. The molecule has 2 atom stereocenters. The van der Waals surface area contributed by atoms with Crippen LogP contribution in [0.15, 0.2) is 42.9 Å². The second-order valence-corrected chi connectivity index (χ2v) is 6.14. The molecule has 4 heteroatoms. The maximum absolute atomic E-state index is 12.8. The third kappa shape index (κ3) is 2.84. The van der Waals surface area contributed by atoms with Crippen molar-refractivity contribution in [3.63, 3.8) is 0 Å². The van der Waals surface area contributed by atoms with E-state index in [9.17, 15) is 4.79 Å². The van der Waals surface area contributed by atoms with Gasteiger partial charge in [-0.15, -0.1) is 0 Å². The van der Waals surface area contributed by atoms with Gasteiger partial charge in [0.2, 0.25) is 0 Å². The zero-order valence-electron chi connectivity index (χ0n) is 12.6. The van der Waals surface area contributed by atoms with Gasteiger partial charge in [0, 0.05) is 18.8 Å². The van der Waals surface area contributed by atoms with E-state index in [1.165, 1.54) is 6.42 Å². The van der Waals surface area contributed by atoms with Crippen molar-refractivity contribution < 1.29 is 4.79 Å². The summed E-state index contributed by atoms with van der Waals surface area (Å²) in [5, 5.41) is 0. The molecule has 0 bridgehead atoms. The van der Waals surface area contributed by atoms with Crippen molar-refractivity contribution in [2.75, 3.05) is 13.1 Å². The van der Waals surface area contributed by atoms with Crippen LogP contribution in [0.4, 0.5) is 0 Å². The molecule has 4 nitrogen and oxygen atoms in total.